The molecule has 0 aliphatic rings. The van der Waals surface area contributed by atoms with E-state index in [0.29, 0.717) is 6.54 Å². The van der Waals surface area contributed by atoms with Crippen molar-refractivity contribution < 1.29 is 9.53 Å². The largest absolute Gasteiger partial charge is 0.444 e. The van der Waals surface area contributed by atoms with Crippen LogP contribution >= 0.6 is 0 Å². The number of hydrogen-bond acceptors (Lipinski definition) is 3. The zero-order valence-electron chi connectivity index (χ0n) is 13.2. The lowest BCUT2D eigenvalue weighted by molar-refractivity contribution is 0.0528. The quantitative estimate of drug-likeness (QED) is 0.809. The van der Waals surface area contributed by atoms with E-state index in [1.165, 1.54) is 11.1 Å². The minimum Gasteiger partial charge on any atom is -0.444 e. The van der Waals surface area contributed by atoms with Gasteiger partial charge in [-0.05, 0) is 64.3 Å². The first-order chi connectivity index (χ1) is 9.28. The summed E-state index contributed by atoms with van der Waals surface area (Å²) >= 11 is 0. The van der Waals surface area contributed by atoms with Gasteiger partial charge in [-0.2, -0.15) is 0 Å². The molecule has 0 spiro atoms. The molecule has 0 unspecified atom stereocenters. The van der Waals surface area contributed by atoms with Crippen molar-refractivity contribution >= 4 is 11.8 Å². The third kappa shape index (κ3) is 6.45. The third-order valence-corrected chi connectivity index (χ3v) is 2.86. The van der Waals surface area contributed by atoms with Crippen LogP contribution < -0.4 is 10.6 Å². The van der Waals surface area contributed by atoms with E-state index in [1.807, 2.05) is 20.8 Å². The van der Waals surface area contributed by atoms with E-state index in [4.69, 9.17) is 4.74 Å². The Balaban J connectivity index is 2.19. The van der Waals surface area contributed by atoms with E-state index in [0.717, 1.165) is 18.7 Å². The third-order valence-electron chi connectivity index (χ3n) is 2.86. The molecule has 0 radical (unpaired) electrons. The summed E-state index contributed by atoms with van der Waals surface area (Å²) in [5, 5.41) is 6.09. The molecule has 0 aromatic heterocycles. The number of amides is 1. The molecule has 112 valence electrons. The molecule has 4 heteroatoms. The van der Waals surface area contributed by atoms with E-state index < -0.39 is 5.60 Å². The van der Waals surface area contributed by atoms with Crippen molar-refractivity contribution in [3.63, 3.8) is 0 Å². The van der Waals surface area contributed by atoms with Gasteiger partial charge in [0.1, 0.15) is 5.60 Å². The van der Waals surface area contributed by atoms with E-state index in [-0.39, 0.29) is 6.09 Å². The number of anilines is 1. The van der Waals surface area contributed by atoms with Crippen molar-refractivity contribution in [2.45, 2.75) is 46.6 Å². The molecule has 0 saturated carbocycles. The van der Waals surface area contributed by atoms with Crippen LogP contribution in [0, 0.1) is 13.8 Å². The monoisotopic (exact) mass is 278 g/mol. The van der Waals surface area contributed by atoms with Gasteiger partial charge in [-0.15, -0.1) is 0 Å². The molecule has 4 nitrogen and oxygen atoms in total. The van der Waals surface area contributed by atoms with Crippen LogP contribution in [0.1, 0.15) is 38.3 Å². The van der Waals surface area contributed by atoms with Gasteiger partial charge in [-0.25, -0.2) is 4.79 Å². The molecule has 0 atom stereocenters. The summed E-state index contributed by atoms with van der Waals surface area (Å²) in [6, 6.07) is 6.32. The second-order valence-electron chi connectivity index (χ2n) is 6.01. The fourth-order valence-corrected chi connectivity index (χ4v) is 1.68. The molecule has 1 aromatic rings. The molecule has 20 heavy (non-hydrogen) atoms. The zero-order valence-corrected chi connectivity index (χ0v) is 13.2. The van der Waals surface area contributed by atoms with Crippen molar-refractivity contribution in [2.75, 3.05) is 18.4 Å². The Morgan fingerprint density at radius 3 is 2.45 bits per heavy atom. The minimum absolute atomic E-state index is 0.358. The number of rotatable bonds is 5. The molecular formula is C16H26N2O2. The molecule has 0 bridgehead atoms. The number of carbonyl (C=O) groups is 1. The summed E-state index contributed by atoms with van der Waals surface area (Å²) in [6.07, 6.45) is 0.496. The van der Waals surface area contributed by atoms with Crippen LogP contribution in [0.15, 0.2) is 18.2 Å². The van der Waals surface area contributed by atoms with Crippen molar-refractivity contribution in [1.29, 1.82) is 0 Å². The van der Waals surface area contributed by atoms with Crippen LogP contribution in [0.2, 0.25) is 0 Å². The van der Waals surface area contributed by atoms with Gasteiger partial charge in [0.15, 0.2) is 0 Å². The molecule has 0 fully saturated rings. The Morgan fingerprint density at radius 1 is 1.15 bits per heavy atom. The zero-order chi connectivity index (χ0) is 15.2. The molecule has 1 rings (SSSR count). The van der Waals surface area contributed by atoms with Gasteiger partial charge in [0, 0.05) is 18.8 Å². The number of carbonyl (C=O) groups excluding carboxylic acids is 1. The van der Waals surface area contributed by atoms with Crippen molar-refractivity contribution in [2.24, 2.45) is 0 Å². The summed E-state index contributed by atoms with van der Waals surface area (Å²) in [7, 11) is 0. The Bertz CT molecular complexity index is 450. The lowest BCUT2D eigenvalue weighted by Gasteiger charge is -2.19. The summed E-state index contributed by atoms with van der Waals surface area (Å²) in [4.78, 5) is 11.4. The van der Waals surface area contributed by atoms with E-state index >= 15 is 0 Å². The maximum absolute atomic E-state index is 11.4. The fourth-order valence-electron chi connectivity index (χ4n) is 1.68. The highest BCUT2D eigenvalue weighted by Crippen LogP contribution is 2.13. The second kappa shape index (κ2) is 7.17. The summed E-state index contributed by atoms with van der Waals surface area (Å²) in [5.41, 5.74) is 3.25. The average Bonchev–Trinajstić information content (AvgIpc) is 2.31. The predicted octanol–water partition coefficient (Wildman–Crippen LogP) is 3.63. The van der Waals surface area contributed by atoms with Gasteiger partial charge < -0.3 is 15.4 Å². The average molecular weight is 278 g/mol. The topological polar surface area (TPSA) is 50.4 Å². The first-order valence-electron chi connectivity index (χ1n) is 7.06. The van der Waals surface area contributed by atoms with Crippen LogP contribution in [0.5, 0.6) is 0 Å². The maximum Gasteiger partial charge on any atom is 0.407 e. The molecule has 1 aromatic carbocycles. The van der Waals surface area contributed by atoms with Crippen LogP contribution in [-0.2, 0) is 4.74 Å². The molecule has 0 aliphatic carbocycles. The Labute approximate surface area is 121 Å². The van der Waals surface area contributed by atoms with E-state index in [9.17, 15) is 4.79 Å². The van der Waals surface area contributed by atoms with Gasteiger partial charge >= 0.3 is 6.09 Å². The highest BCUT2D eigenvalue weighted by molar-refractivity contribution is 5.67. The Hall–Kier alpha value is -1.71. The van der Waals surface area contributed by atoms with Gasteiger partial charge in [0.25, 0.3) is 0 Å². The van der Waals surface area contributed by atoms with E-state index in [1.54, 1.807) is 0 Å². The lowest BCUT2D eigenvalue weighted by Crippen LogP contribution is -2.33. The Kier molecular flexibility index (Phi) is 5.86. The van der Waals surface area contributed by atoms with Crippen LogP contribution in [0.4, 0.5) is 10.5 Å². The number of hydrogen-bond donors (Lipinski definition) is 2. The fraction of sp³-hybridized carbons (Fsp3) is 0.562. The minimum atomic E-state index is -0.443. The first kappa shape index (κ1) is 16.3. The number of nitrogens with one attached hydrogen (secondary N) is 2. The summed E-state index contributed by atoms with van der Waals surface area (Å²) in [6.45, 7) is 11.2. The molecular weight excluding hydrogens is 252 g/mol. The van der Waals surface area contributed by atoms with Gasteiger partial charge in [-0.3, -0.25) is 0 Å². The summed E-state index contributed by atoms with van der Waals surface area (Å²) in [5.74, 6) is 0. The van der Waals surface area contributed by atoms with Crippen molar-refractivity contribution in [3.8, 4) is 0 Å². The predicted molar refractivity (Wildman–Crippen MR) is 83.3 cm³/mol. The molecule has 0 heterocycles. The molecule has 1 amide bonds. The van der Waals surface area contributed by atoms with Crippen LogP contribution in [0.25, 0.3) is 0 Å². The van der Waals surface area contributed by atoms with Gasteiger partial charge in [-0.1, -0.05) is 6.07 Å². The lowest BCUT2D eigenvalue weighted by atomic mass is 10.1. The van der Waals surface area contributed by atoms with Crippen molar-refractivity contribution in [3.05, 3.63) is 29.3 Å². The molecule has 2 N–H and O–H groups in total. The Morgan fingerprint density at radius 2 is 1.85 bits per heavy atom. The number of ether oxygens (including phenoxy) is 1. The highest BCUT2D eigenvalue weighted by Gasteiger charge is 2.15. The van der Waals surface area contributed by atoms with Gasteiger partial charge in [0.2, 0.25) is 0 Å². The standard InChI is InChI=1S/C16H26N2O2/c1-12-7-8-14(11-13(12)2)17-9-6-10-18-15(19)20-16(3,4)5/h7-8,11,17H,6,9-10H2,1-5H3,(H,18,19). The summed E-state index contributed by atoms with van der Waals surface area (Å²) < 4.78 is 5.16. The van der Waals surface area contributed by atoms with Crippen LogP contribution in [0.3, 0.4) is 0 Å². The number of benzene rings is 1. The van der Waals surface area contributed by atoms with Gasteiger partial charge in [0.05, 0.1) is 0 Å². The molecule has 0 aliphatic heterocycles. The molecule has 0 saturated heterocycles. The first-order valence-corrected chi connectivity index (χ1v) is 7.06. The smallest absolute Gasteiger partial charge is 0.407 e. The number of aryl methyl sites for hydroxylation is 2. The van der Waals surface area contributed by atoms with Crippen LogP contribution in [-0.4, -0.2) is 24.8 Å². The number of alkyl carbamates (subject to hydrolysis) is 1. The van der Waals surface area contributed by atoms with Crippen molar-refractivity contribution in [1.82, 2.24) is 5.32 Å². The second-order valence-corrected chi connectivity index (χ2v) is 6.01. The SMILES string of the molecule is Cc1ccc(NCCCNC(=O)OC(C)(C)C)cc1C. The maximum atomic E-state index is 11.4. The normalized spacial score (nSPS) is 11.1. The van der Waals surface area contributed by atoms with E-state index in [2.05, 4.69) is 42.7 Å². The highest BCUT2D eigenvalue weighted by atomic mass is 16.6.